The number of hydrogen-bond acceptors (Lipinski definition) is 8. The fourth-order valence-electron chi connectivity index (χ4n) is 3.65. The smallest absolute Gasteiger partial charge is 0.337 e. The maximum atomic E-state index is 12.9. The van der Waals surface area contributed by atoms with Crippen molar-refractivity contribution in [1.82, 2.24) is 24.8 Å². The van der Waals surface area contributed by atoms with Crippen molar-refractivity contribution in [3.05, 3.63) is 41.0 Å². The molecule has 0 atom stereocenters. The molecule has 3 aromatic heterocycles. The topological polar surface area (TPSA) is 141 Å². The average molecular weight is 423 g/mol. The lowest BCUT2D eigenvalue weighted by Crippen LogP contribution is -2.49. The first-order chi connectivity index (χ1) is 14.5. The minimum absolute atomic E-state index is 0.0945. The molecule has 1 aromatic carbocycles. The highest BCUT2D eigenvalue weighted by Crippen LogP contribution is 2.33. The molecule has 1 saturated heterocycles. The number of nitrogen functional groups attached to an aromatic ring is 1. The van der Waals surface area contributed by atoms with Crippen LogP contribution in [0.3, 0.4) is 0 Å². The Morgan fingerprint density at radius 3 is 2.60 bits per heavy atom. The van der Waals surface area contributed by atoms with Gasteiger partial charge in [-0.25, -0.2) is 14.8 Å². The van der Waals surface area contributed by atoms with E-state index in [-0.39, 0.29) is 17.4 Å². The molecule has 0 aliphatic carbocycles. The predicted molar refractivity (Wildman–Crippen MR) is 113 cm³/mol. The summed E-state index contributed by atoms with van der Waals surface area (Å²) in [4.78, 5) is 44.6. The third kappa shape index (κ3) is 2.99. The summed E-state index contributed by atoms with van der Waals surface area (Å²) in [5.41, 5.74) is 7.56. The van der Waals surface area contributed by atoms with Crippen molar-refractivity contribution in [3.63, 3.8) is 0 Å². The molecule has 1 fully saturated rings. The van der Waals surface area contributed by atoms with E-state index in [1.54, 1.807) is 10.3 Å². The molecule has 0 bridgehead atoms. The molecule has 10 nitrogen and oxygen atoms in total. The molecular formula is C19H17N7O3S. The first kappa shape index (κ1) is 18.3. The van der Waals surface area contributed by atoms with E-state index >= 15 is 0 Å². The minimum Gasteiger partial charge on any atom is -0.478 e. The van der Waals surface area contributed by atoms with Gasteiger partial charge in [0.2, 0.25) is 5.95 Å². The Labute approximate surface area is 174 Å². The number of piperazine rings is 1. The largest absolute Gasteiger partial charge is 0.478 e. The summed E-state index contributed by atoms with van der Waals surface area (Å²) in [6.45, 7) is 1.89. The molecule has 1 aliphatic heterocycles. The van der Waals surface area contributed by atoms with Gasteiger partial charge in [0.05, 0.1) is 22.0 Å². The van der Waals surface area contributed by atoms with E-state index in [1.807, 2.05) is 29.2 Å². The highest BCUT2D eigenvalue weighted by molar-refractivity contribution is 7.17. The molecule has 4 N–H and O–H groups in total. The van der Waals surface area contributed by atoms with Gasteiger partial charge < -0.3 is 25.6 Å². The zero-order valence-electron chi connectivity index (χ0n) is 15.7. The van der Waals surface area contributed by atoms with Gasteiger partial charge in [-0.1, -0.05) is 12.1 Å². The van der Waals surface area contributed by atoms with Crippen LogP contribution in [0.1, 0.15) is 21.0 Å². The molecule has 0 radical (unpaired) electrons. The number of rotatable bonds is 3. The van der Waals surface area contributed by atoms with Crippen LogP contribution in [0, 0.1) is 0 Å². The third-order valence-electron chi connectivity index (χ3n) is 5.12. The van der Waals surface area contributed by atoms with Gasteiger partial charge in [0.1, 0.15) is 10.6 Å². The molecule has 30 heavy (non-hydrogen) atoms. The van der Waals surface area contributed by atoms with Gasteiger partial charge in [0.15, 0.2) is 5.82 Å². The summed E-state index contributed by atoms with van der Waals surface area (Å²) < 4.78 is 0. The number of benzene rings is 1. The summed E-state index contributed by atoms with van der Waals surface area (Å²) in [7, 11) is 0. The standard InChI is InChI=1S/C19H17N7O3S/c20-19-23-15(13-10(18(28)29)9-30-16(13)24-19)25-5-7-26(8-6-25)17(27)14-21-11-3-1-2-4-12(11)22-14/h1-4,9H,5-8H2,(H,21,22)(H,28,29)(H2,20,23,24). The van der Waals surface area contributed by atoms with Gasteiger partial charge in [0, 0.05) is 31.6 Å². The van der Waals surface area contributed by atoms with Crippen molar-refractivity contribution in [1.29, 1.82) is 0 Å². The van der Waals surface area contributed by atoms with Crippen LogP contribution in [-0.2, 0) is 0 Å². The van der Waals surface area contributed by atoms with E-state index in [2.05, 4.69) is 19.9 Å². The highest BCUT2D eigenvalue weighted by atomic mass is 32.1. The number of nitrogens with two attached hydrogens (primary N) is 1. The number of carbonyl (C=O) groups is 2. The van der Waals surface area contributed by atoms with Gasteiger partial charge in [0.25, 0.3) is 5.91 Å². The van der Waals surface area contributed by atoms with Crippen molar-refractivity contribution in [3.8, 4) is 0 Å². The third-order valence-corrected chi connectivity index (χ3v) is 5.99. The summed E-state index contributed by atoms with van der Waals surface area (Å²) in [5.74, 6) is -0.303. The molecule has 1 amide bonds. The molecule has 11 heteroatoms. The molecular weight excluding hydrogens is 406 g/mol. The van der Waals surface area contributed by atoms with Crippen molar-refractivity contribution in [2.45, 2.75) is 0 Å². The van der Waals surface area contributed by atoms with Crippen molar-refractivity contribution < 1.29 is 14.7 Å². The second-order valence-electron chi connectivity index (χ2n) is 6.92. The number of carbonyl (C=O) groups excluding carboxylic acids is 1. The molecule has 0 saturated carbocycles. The van der Waals surface area contributed by atoms with E-state index in [4.69, 9.17) is 5.73 Å². The Morgan fingerprint density at radius 2 is 1.87 bits per heavy atom. The fourth-order valence-corrected chi connectivity index (χ4v) is 4.56. The maximum Gasteiger partial charge on any atom is 0.337 e. The number of carboxylic acids is 1. The number of carboxylic acid groups (broad SMARTS) is 1. The summed E-state index contributed by atoms with van der Waals surface area (Å²) in [6.07, 6.45) is 0. The molecule has 4 heterocycles. The number of amides is 1. The summed E-state index contributed by atoms with van der Waals surface area (Å²) in [6, 6.07) is 7.49. The van der Waals surface area contributed by atoms with Crippen LogP contribution in [0.15, 0.2) is 29.6 Å². The lowest BCUT2D eigenvalue weighted by atomic mass is 10.2. The quantitative estimate of drug-likeness (QED) is 0.453. The SMILES string of the molecule is Nc1nc(N2CCN(C(=O)c3nc4ccccc4[nH]3)CC2)c2c(C(=O)O)csc2n1. The Morgan fingerprint density at radius 1 is 1.10 bits per heavy atom. The van der Waals surface area contributed by atoms with Crippen LogP contribution in [0.25, 0.3) is 21.3 Å². The molecule has 1 aliphatic rings. The first-order valence-electron chi connectivity index (χ1n) is 9.28. The zero-order chi connectivity index (χ0) is 20.8. The number of imidazole rings is 1. The lowest BCUT2D eigenvalue weighted by Gasteiger charge is -2.35. The molecule has 4 aromatic rings. The van der Waals surface area contributed by atoms with Crippen LogP contribution < -0.4 is 10.6 Å². The van der Waals surface area contributed by atoms with Crippen molar-refractivity contribution >= 4 is 56.2 Å². The zero-order valence-corrected chi connectivity index (χ0v) is 16.5. The molecule has 0 spiro atoms. The summed E-state index contributed by atoms with van der Waals surface area (Å²) in [5, 5.41) is 11.5. The Hall–Kier alpha value is -3.73. The first-order valence-corrected chi connectivity index (χ1v) is 10.2. The monoisotopic (exact) mass is 423 g/mol. The number of anilines is 2. The van der Waals surface area contributed by atoms with Crippen LogP contribution in [-0.4, -0.2) is 68.0 Å². The number of hydrogen-bond donors (Lipinski definition) is 3. The van der Waals surface area contributed by atoms with E-state index < -0.39 is 5.97 Å². The highest BCUT2D eigenvalue weighted by Gasteiger charge is 2.28. The molecule has 0 unspecified atom stereocenters. The van der Waals surface area contributed by atoms with Crippen LogP contribution in [0.4, 0.5) is 11.8 Å². The Balaban J connectivity index is 1.39. The van der Waals surface area contributed by atoms with Gasteiger partial charge in [-0.2, -0.15) is 4.98 Å². The number of aromatic amines is 1. The number of aromatic nitrogens is 4. The van der Waals surface area contributed by atoms with Crippen LogP contribution >= 0.6 is 11.3 Å². The Kier molecular flexibility index (Phi) is 4.24. The number of para-hydroxylation sites is 2. The number of aromatic carboxylic acids is 1. The summed E-state index contributed by atoms with van der Waals surface area (Å²) >= 11 is 1.22. The maximum absolute atomic E-state index is 12.9. The Bertz CT molecular complexity index is 1260. The van der Waals surface area contributed by atoms with Crippen molar-refractivity contribution in [2.75, 3.05) is 36.8 Å². The van der Waals surface area contributed by atoms with Gasteiger partial charge in [-0.3, -0.25) is 4.79 Å². The van der Waals surface area contributed by atoms with Crippen LogP contribution in [0.5, 0.6) is 0 Å². The number of nitrogens with one attached hydrogen (secondary N) is 1. The lowest BCUT2D eigenvalue weighted by molar-refractivity contribution is 0.0698. The predicted octanol–water partition coefficient (Wildman–Crippen LogP) is 1.81. The van der Waals surface area contributed by atoms with Crippen molar-refractivity contribution in [2.24, 2.45) is 0 Å². The van der Waals surface area contributed by atoms with Crippen LogP contribution in [0.2, 0.25) is 0 Å². The number of thiophene rings is 1. The second-order valence-corrected chi connectivity index (χ2v) is 7.78. The molecule has 5 rings (SSSR count). The fraction of sp³-hybridized carbons (Fsp3) is 0.211. The number of H-pyrrole nitrogens is 1. The second kappa shape index (κ2) is 6.95. The van der Waals surface area contributed by atoms with Gasteiger partial charge >= 0.3 is 5.97 Å². The van der Waals surface area contributed by atoms with Gasteiger partial charge in [-0.15, -0.1) is 11.3 Å². The molecule has 152 valence electrons. The van der Waals surface area contributed by atoms with E-state index in [0.29, 0.717) is 48.0 Å². The van der Waals surface area contributed by atoms with E-state index in [9.17, 15) is 14.7 Å². The number of nitrogens with zero attached hydrogens (tertiary/aromatic N) is 5. The van der Waals surface area contributed by atoms with Gasteiger partial charge in [-0.05, 0) is 12.1 Å². The van der Waals surface area contributed by atoms with E-state index in [0.717, 1.165) is 11.0 Å². The number of fused-ring (bicyclic) bond motifs is 2. The van der Waals surface area contributed by atoms with E-state index in [1.165, 1.54) is 11.3 Å². The average Bonchev–Trinajstić information content (AvgIpc) is 3.37. The minimum atomic E-state index is -1.03. The normalized spacial score (nSPS) is 14.5.